The Hall–Kier alpha value is -0.800. The maximum Gasteiger partial charge on any atom is 0.0927 e. The average Bonchev–Trinajstić information content (AvgIpc) is 3.01. The molecular weight excluding hydrogens is 570 g/mol. The normalized spacial score (nSPS) is 17.7. The molecule has 0 radical (unpaired) electrons. The molecule has 0 aromatic heterocycles. The summed E-state index contributed by atoms with van der Waals surface area (Å²) in [6.07, 6.45) is 29.9. The van der Waals surface area contributed by atoms with E-state index in [1.807, 2.05) is 0 Å². The number of rotatable bonds is 2. The Morgan fingerprint density at radius 2 is 0.500 bits per heavy atom. The average molecular weight is 648 g/mol. The molecule has 4 saturated carbocycles. The van der Waals surface area contributed by atoms with E-state index in [1.54, 1.807) is 42.3 Å². The molecule has 12 heteroatoms. The molecule has 0 aliphatic heterocycles. The van der Waals surface area contributed by atoms with Gasteiger partial charge in [-0.15, -0.1) is 0 Å². The maximum absolute atomic E-state index is 8.19. The monoisotopic (exact) mass is 648 g/mol. The lowest BCUT2D eigenvalue weighted by molar-refractivity contribution is -0.283. The van der Waals surface area contributed by atoms with E-state index in [4.69, 9.17) is 36.1 Å². The molecule has 4 aliphatic rings. The predicted molar refractivity (Wildman–Crippen MR) is 183 cm³/mol. The Kier molecular flexibility index (Phi) is 62.0. The zero-order chi connectivity index (χ0) is 32.9. The van der Waals surface area contributed by atoms with E-state index in [9.17, 15) is 0 Å². The van der Waals surface area contributed by atoms with Gasteiger partial charge in [-0.3, -0.25) is 10.5 Å². The highest BCUT2D eigenvalue weighted by Crippen LogP contribution is 2.20. The molecular formula is C32H77N3O9. The van der Waals surface area contributed by atoms with Gasteiger partial charge in [0.2, 0.25) is 0 Å². The first-order valence-corrected chi connectivity index (χ1v) is 15.9. The first-order chi connectivity index (χ1) is 20.1. The molecule has 0 saturated heterocycles. The van der Waals surface area contributed by atoms with Crippen LogP contribution in [0.3, 0.4) is 0 Å². The Morgan fingerprint density at radius 3 is 0.591 bits per heavy atom. The van der Waals surface area contributed by atoms with E-state index in [0.29, 0.717) is 0 Å². The third-order valence-corrected chi connectivity index (χ3v) is 6.40. The molecule has 0 aromatic carbocycles. The molecule has 12 nitrogen and oxygen atoms in total. The number of hydrogen-bond acceptors (Lipinski definition) is 12. The van der Waals surface area contributed by atoms with E-state index in [-0.39, 0.29) is 27.1 Å². The molecule has 0 unspecified atom stereocenters. The van der Waals surface area contributed by atoms with Gasteiger partial charge in [-0.05, 0) is 25.7 Å². The Morgan fingerprint density at radius 1 is 0.386 bits per heavy atom. The Labute approximate surface area is 271 Å². The van der Waals surface area contributed by atoms with Crippen LogP contribution in [0.15, 0.2) is 0 Å². The van der Waals surface area contributed by atoms with Gasteiger partial charge < -0.3 is 15.6 Å². The minimum absolute atomic E-state index is 0. The van der Waals surface area contributed by atoms with Gasteiger partial charge in [0.15, 0.2) is 0 Å². The molecule has 4 rings (SSSR count). The van der Waals surface area contributed by atoms with Crippen LogP contribution >= 0.6 is 0 Å². The lowest BCUT2D eigenvalue weighted by Gasteiger charge is -2.17. The van der Waals surface area contributed by atoms with Crippen LogP contribution in [-0.4, -0.2) is 95.8 Å². The van der Waals surface area contributed by atoms with Crippen LogP contribution in [0.25, 0.3) is 0 Å². The van der Waals surface area contributed by atoms with E-state index in [2.05, 4.69) is 9.78 Å². The van der Waals surface area contributed by atoms with Gasteiger partial charge >= 0.3 is 0 Å². The minimum atomic E-state index is 0. The van der Waals surface area contributed by atoms with Crippen molar-refractivity contribution >= 4 is 0 Å². The van der Waals surface area contributed by atoms with Gasteiger partial charge in [0.25, 0.3) is 0 Å². The molecule has 0 heterocycles. The van der Waals surface area contributed by atoms with Crippen LogP contribution in [0.4, 0.5) is 0 Å². The van der Waals surface area contributed by atoms with Crippen molar-refractivity contribution in [2.24, 2.45) is 0 Å². The molecule has 0 amide bonds. The van der Waals surface area contributed by atoms with Gasteiger partial charge in [-0.25, -0.2) is 9.78 Å². The highest BCUT2D eigenvalue weighted by Gasteiger charge is 2.13. The van der Waals surface area contributed by atoms with Crippen molar-refractivity contribution in [1.82, 2.24) is 15.2 Å². The van der Waals surface area contributed by atoms with E-state index in [0.717, 1.165) is 40.9 Å². The van der Waals surface area contributed by atoms with E-state index in [1.165, 1.54) is 116 Å². The summed E-state index contributed by atoms with van der Waals surface area (Å²) in [4.78, 5) is 22.4. The van der Waals surface area contributed by atoms with Crippen molar-refractivity contribution < 1.29 is 35.9 Å². The second kappa shape index (κ2) is 49.1. The van der Waals surface area contributed by atoms with Crippen molar-refractivity contribution in [2.75, 3.05) is 42.3 Å². The molecule has 4 fully saturated rings. The van der Waals surface area contributed by atoms with Crippen LogP contribution < -0.4 is 0 Å². The van der Waals surface area contributed by atoms with Gasteiger partial charge in [0, 0.05) is 52.2 Å². The molecule has 0 aromatic rings. The highest BCUT2D eigenvalue weighted by atomic mass is 17.1. The van der Waals surface area contributed by atoms with Crippen molar-refractivity contribution in [2.45, 2.75) is 168 Å². The zero-order valence-electron chi connectivity index (χ0n) is 27.9. The fraction of sp³-hybridized carbons (Fsp3) is 1.00. The molecule has 4 aliphatic carbocycles. The summed E-state index contributed by atoms with van der Waals surface area (Å²) in [6.45, 7) is 0. The quantitative estimate of drug-likeness (QED) is 0.143. The summed E-state index contributed by atoms with van der Waals surface area (Å²) in [7, 11) is 9.33. The van der Waals surface area contributed by atoms with Crippen molar-refractivity contribution in [1.29, 1.82) is 0 Å². The summed E-state index contributed by atoms with van der Waals surface area (Å²) in [5.74, 6) is 0. The minimum Gasteiger partial charge on any atom is -0.315 e. The second-order valence-electron chi connectivity index (χ2n) is 11.5. The number of hydroxylamine groups is 6. The standard InChI is InChI=1S/2C6H12O2.2C6H12.3C2H7NO.2CH4.O2/c2*7-8-6-4-2-1-3-5-6;2*1-2-4-6-5-3-1;3*1-3(2)4;;;1-2/h2*6-7H,1-5H2;2*1-6H2;3*4H,1-2H3;2*1H4;. The van der Waals surface area contributed by atoms with Crippen molar-refractivity contribution in [3.8, 4) is 0 Å². The second-order valence-corrected chi connectivity index (χ2v) is 11.5. The number of nitrogens with zero attached hydrogens (tertiary/aromatic N) is 3. The topological polar surface area (TPSA) is 163 Å². The van der Waals surface area contributed by atoms with Gasteiger partial charge in [-0.1, -0.05) is 130 Å². The SMILES string of the molecule is C.C.C1CCCCC1.C1CCCCC1.CN(C)O.CN(C)O.CN(C)O.O=O.OOC1CCCCC1.OOC1CCCCC1. The van der Waals surface area contributed by atoms with Crippen LogP contribution in [0.1, 0.15) is 156 Å². The molecule has 0 spiro atoms. The van der Waals surface area contributed by atoms with Gasteiger partial charge in [0.05, 0.1) is 12.2 Å². The van der Waals surface area contributed by atoms with Crippen LogP contribution in [-0.2, 0) is 9.78 Å². The molecule has 0 bridgehead atoms. The first-order valence-electron chi connectivity index (χ1n) is 15.9. The summed E-state index contributed by atoms with van der Waals surface area (Å²) in [5, 5.41) is 43.0. The predicted octanol–water partition coefficient (Wildman–Crippen LogP) is 9.45. The summed E-state index contributed by atoms with van der Waals surface area (Å²) in [5.41, 5.74) is 0. The maximum atomic E-state index is 8.19. The van der Waals surface area contributed by atoms with E-state index < -0.39 is 0 Å². The van der Waals surface area contributed by atoms with Crippen molar-refractivity contribution in [3.63, 3.8) is 0 Å². The fourth-order valence-corrected chi connectivity index (χ4v) is 4.46. The van der Waals surface area contributed by atoms with Crippen LogP contribution in [0.5, 0.6) is 0 Å². The molecule has 5 N–H and O–H groups in total. The van der Waals surface area contributed by atoms with E-state index >= 15 is 0 Å². The third-order valence-electron chi connectivity index (χ3n) is 6.40. The third kappa shape index (κ3) is 68.4. The van der Waals surface area contributed by atoms with Gasteiger partial charge in [0.1, 0.15) is 0 Å². The number of hydrogen-bond donors (Lipinski definition) is 5. The van der Waals surface area contributed by atoms with Gasteiger partial charge in [-0.2, -0.15) is 15.2 Å². The Balaban J connectivity index is -0.0000000959. The lowest BCUT2D eigenvalue weighted by atomic mass is 9.98. The zero-order valence-corrected chi connectivity index (χ0v) is 27.9. The van der Waals surface area contributed by atoms with Crippen LogP contribution in [0.2, 0.25) is 0 Å². The van der Waals surface area contributed by atoms with Crippen molar-refractivity contribution in [3.05, 3.63) is 9.93 Å². The molecule has 274 valence electrons. The smallest absolute Gasteiger partial charge is 0.0927 e. The molecule has 44 heavy (non-hydrogen) atoms. The lowest BCUT2D eigenvalue weighted by Crippen LogP contribution is -2.14. The summed E-state index contributed by atoms with van der Waals surface area (Å²) >= 11 is 0. The first kappa shape index (κ1) is 55.6. The molecule has 0 atom stereocenters. The fourth-order valence-electron chi connectivity index (χ4n) is 4.46. The summed E-state index contributed by atoms with van der Waals surface area (Å²) in [6, 6.07) is 0. The van der Waals surface area contributed by atoms with Crippen LogP contribution in [0, 0.1) is 9.93 Å². The highest BCUT2D eigenvalue weighted by molar-refractivity contribution is 4.63. The summed E-state index contributed by atoms with van der Waals surface area (Å²) < 4.78 is 0. The largest absolute Gasteiger partial charge is 0.315 e. The Bertz CT molecular complexity index is 371.